The monoisotopic (exact) mass is 444 g/mol. The Morgan fingerprint density at radius 3 is 2.57 bits per heavy atom. The summed E-state index contributed by atoms with van der Waals surface area (Å²) in [6.45, 7) is 5.11. The number of hydrogen-bond acceptors (Lipinski definition) is 3. The Bertz CT molecular complexity index is 1010. The number of benzene rings is 2. The molecule has 1 unspecified atom stereocenters. The lowest BCUT2D eigenvalue weighted by atomic mass is 10.1. The van der Waals surface area contributed by atoms with E-state index in [1.165, 1.54) is 17.0 Å². The van der Waals surface area contributed by atoms with Crippen LogP contribution in [0.4, 0.5) is 4.39 Å². The summed E-state index contributed by atoms with van der Waals surface area (Å²) in [6.07, 6.45) is 1.33. The molecule has 0 spiro atoms. The molecule has 0 fully saturated rings. The van der Waals surface area contributed by atoms with E-state index in [9.17, 15) is 17.6 Å². The Morgan fingerprint density at radius 1 is 1.29 bits per heavy atom. The zero-order chi connectivity index (χ0) is 21.1. The first-order chi connectivity index (χ1) is 13.1. The number of halogens is 3. The van der Waals surface area contributed by atoms with E-state index in [1.54, 1.807) is 32.2 Å². The second-order valence-corrected chi connectivity index (χ2v) is 8.62. The molecule has 1 amide bonds. The van der Waals surface area contributed by atoms with Crippen molar-refractivity contribution in [2.75, 3.05) is 13.6 Å². The molecular formula is C19H19Cl2FN2O3S. The molecule has 9 heteroatoms. The van der Waals surface area contributed by atoms with E-state index in [0.717, 1.165) is 12.1 Å². The van der Waals surface area contributed by atoms with E-state index in [2.05, 4.69) is 11.3 Å². The summed E-state index contributed by atoms with van der Waals surface area (Å²) < 4.78 is 40.7. The lowest BCUT2D eigenvalue weighted by Gasteiger charge is -2.26. The van der Waals surface area contributed by atoms with Crippen LogP contribution in [0.2, 0.25) is 10.0 Å². The van der Waals surface area contributed by atoms with Gasteiger partial charge in [0.25, 0.3) is 5.91 Å². The maximum absolute atomic E-state index is 14.1. The van der Waals surface area contributed by atoms with Crippen LogP contribution in [0.15, 0.2) is 53.9 Å². The topological polar surface area (TPSA) is 66.5 Å². The first-order valence-corrected chi connectivity index (χ1v) is 10.4. The van der Waals surface area contributed by atoms with Crippen molar-refractivity contribution in [2.45, 2.75) is 17.9 Å². The molecule has 0 saturated carbocycles. The molecule has 0 aliphatic heterocycles. The van der Waals surface area contributed by atoms with Crippen LogP contribution in [0.25, 0.3) is 0 Å². The van der Waals surface area contributed by atoms with E-state index in [-0.39, 0.29) is 12.1 Å². The van der Waals surface area contributed by atoms with Crippen LogP contribution in [0.1, 0.15) is 28.9 Å². The Labute approximate surface area is 173 Å². The Morgan fingerprint density at radius 2 is 1.96 bits per heavy atom. The molecule has 1 atom stereocenters. The zero-order valence-electron chi connectivity index (χ0n) is 15.2. The van der Waals surface area contributed by atoms with Crippen molar-refractivity contribution in [3.05, 3.63) is 76.0 Å². The van der Waals surface area contributed by atoms with Crippen LogP contribution in [0, 0.1) is 5.82 Å². The van der Waals surface area contributed by atoms with Gasteiger partial charge in [-0.2, -0.15) is 0 Å². The second kappa shape index (κ2) is 9.05. The molecule has 0 heterocycles. The van der Waals surface area contributed by atoms with Gasteiger partial charge in [0.2, 0.25) is 10.0 Å². The molecule has 150 valence electrons. The fourth-order valence-corrected chi connectivity index (χ4v) is 4.18. The molecule has 0 saturated heterocycles. The highest BCUT2D eigenvalue weighted by molar-refractivity contribution is 7.89. The molecular weight excluding hydrogens is 426 g/mol. The molecule has 0 aliphatic carbocycles. The third-order valence-corrected chi connectivity index (χ3v) is 6.20. The summed E-state index contributed by atoms with van der Waals surface area (Å²) in [5.74, 6) is -1.44. The third-order valence-electron chi connectivity index (χ3n) is 4.20. The highest BCUT2D eigenvalue weighted by Gasteiger charge is 2.24. The number of nitrogens with one attached hydrogen (secondary N) is 1. The van der Waals surface area contributed by atoms with Crippen molar-refractivity contribution in [3.8, 4) is 0 Å². The fraction of sp³-hybridized carbons (Fsp3) is 0.211. The van der Waals surface area contributed by atoms with Gasteiger partial charge in [-0.1, -0.05) is 35.3 Å². The summed E-state index contributed by atoms with van der Waals surface area (Å²) in [5.41, 5.74) is 0.698. The lowest BCUT2D eigenvalue weighted by Crippen LogP contribution is -2.30. The molecule has 2 rings (SSSR count). The highest BCUT2D eigenvalue weighted by atomic mass is 35.5. The first kappa shape index (κ1) is 22.4. The molecule has 0 aliphatic rings. The predicted octanol–water partition coefficient (Wildman–Crippen LogP) is 4.43. The van der Waals surface area contributed by atoms with E-state index in [4.69, 9.17) is 23.2 Å². The highest BCUT2D eigenvalue weighted by Crippen LogP contribution is 2.30. The van der Waals surface area contributed by atoms with Crippen LogP contribution in [-0.2, 0) is 10.0 Å². The largest absolute Gasteiger partial charge is 0.335 e. The van der Waals surface area contributed by atoms with Gasteiger partial charge in [-0.25, -0.2) is 17.5 Å². The van der Waals surface area contributed by atoms with Gasteiger partial charge in [-0.05, 0) is 42.8 Å². The van der Waals surface area contributed by atoms with Crippen LogP contribution in [0.5, 0.6) is 0 Å². The van der Waals surface area contributed by atoms with Gasteiger partial charge in [-0.15, -0.1) is 6.58 Å². The molecule has 0 bridgehead atoms. The Kier molecular flexibility index (Phi) is 7.22. The van der Waals surface area contributed by atoms with Crippen molar-refractivity contribution in [1.82, 2.24) is 9.62 Å². The molecule has 0 radical (unpaired) electrons. The first-order valence-electron chi connectivity index (χ1n) is 8.20. The summed E-state index contributed by atoms with van der Waals surface area (Å²) in [5, 5.41) is 0.867. The standard InChI is InChI=1S/C19H19Cl2FN2O3S/c1-4-9-23-28(26,27)18-10-13(5-8-17(18)22)19(25)24(3)12(2)15-7-6-14(20)11-16(15)21/h4-8,10-12,23H,1,9H2,2-3H3. The van der Waals surface area contributed by atoms with Crippen molar-refractivity contribution in [1.29, 1.82) is 0 Å². The van der Waals surface area contributed by atoms with Crippen LogP contribution >= 0.6 is 23.2 Å². The van der Waals surface area contributed by atoms with Crippen LogP contribution in [-0.4, -0.2) is 32.8 Å². The van der Waals surface area contributed by atoms with Gasteiger partial charge >= 0.3 is 0 Å². The molecule has 0 aromatic heterocycles. The Hall–Kier alpha value is -1.93. The normalized spacial score (nSPS) is 12.5. The van der Waals surface area contributed by atoms with Gasteiger partial charge in [0.1, 0.15) is 10.7 Å². The number of carbonyl (C=O) groups is 1. The molecule has 2 aromatic carbocycles. The summed E-state index contributed by atoms with van der Waals surface area (Å²) in [7, 11) is -2.57. The van der Waals surface area contributed by atoms with Gasteiger partial charge < -0.3 is 4.90 Å². The Balaban J connectivity index is 2.35. The number of rotatable bonds is 7. The summed E-state index contributed by atoms with van der Waals surface area (Å²) >= 11 is 12.1. The number of amides is 1. The quantitative estimate of drug-likeness (QED) is 0.642. The van der Waals surface area contributed by atoms with E-state index in [0.29, 0.717) is 15.6 Å². The number of carbonyl (C=O) groups excluding carboxylic acids is 1. The summed E-state index contributed by atoms with van der Waals surface area (Å²) in [6, 6.07) is 7.70. The maximum Gasteiger partial charge on any atom is 0.254 e. The van der Waals surface area contributed by atoms with E-state index < -0.39 is 32.7 Å². The van der Waals surface area contributed by atoms with Gasteiger partial charge in [0.15, 0.2) is 0 Å². The average molecular weight is 445 g/mol. The SMILES string of the molecule is C=CCNS(=O)(=O)c1cc(C(=O)N(C)C(C)c2ccc(Cl)cc2Cl)ccc1F. The van der Waals surface area contributed by atoms with Crippen LogP contribution in [0.3, 0.4) is 0 Å². The van der Waals surface area contributed by atoms with Crippen molar-refractivity contribution >= 4 is 39.1 Å². The zero-order valence-corrected chi connectivity index (χ0v) is 17.6. The van der Waals surface area contributed by atoms with E-state index in [1.807, 2.05) is 0 Å². The average Bonchev–Trinajstić information content (AvgIpc) is 2.65. The van der Waals surface area contributed by atoms with Crippen molar-refractivity contribution in [3.63, 3.8) is 0 Å². The summed E-state index contributed by atoms with van der Waals surface area (Å²) in [4.78, 5) is 13.6. The van der Waals surface area contributed by atoms with Crippen molar-refractivity contribution < 1.29 is 17.6 Å². The minimum Gasteiger partial charge on any atom is -0.335 e. The van der Waals surface area contributed by atoms with Gasteiger partial charge in [0, 0.05) is 29.2 Å². The van der Waals surface area contributed by atoms with E-state index >= 15 is 0 Å². The maximum atomic E-state index is 14.1. The number of nitrogens with zero attached hydrogens (tertiary/aromatic N) is 1. The smallest absolute Gasteiger partial charge is 0.254 e. The molecule has 5 nitrogen and oxygen atoms in total. The molecule has 28 heavy (non-hydrogen) atoms. The van der Waals surface area contributed by atoms with Gasteiger partial charge in [0.05, 0.1) is 6.04 Å². The minimum absolute atomic E-state index is 0.0276. The fourth-order valence-electron chi connectivity index (χ4n) is 2.52. The lowest BCUT2D eigenvalue weighted by molar-refractivity contribution is 0.0742. The van der Waals surface area contributed by atoms with Gasteiger partial charge in [-0.3, -0.25) is 4.79 Å². The number of hydrogen-bond donors (Lipinski definition) is 1. The van der Waals surface area contributed by atoms with Crippen molar-refractivity contribution in [2.24, 2.45) is 0 Å². The predicted molar refractivity (Wildman–Crippen MR) is 109 cm³/mol. The number of sulfonamides is 1. The molecule has 1 N–H and O–H groups in total. The second-order valence-electron chi connectivity index (χ2n) is 6.04. The third kappa shape index (κ3) is 4.91. The minimum atomic E-state index is -4.12. The van der Waals surface area contributed by atoms with Crippen LogP contribution < -0.4 is 4.72 Å². The molecule has 2 aromatic rings.